The lowest BCUT2D eigenvalue weighted by Gasteiger charge is -2.13. The Hall–Kier alpha value is -2.67. The molecule has 128 valence electrons. The Labute approximate surface area is 150 Å². The maximum atomic E-state index is 12.3. The predicted molar refractivity (Wildman–Crippen MR) is 99.5 cm³/mol. The summed E-state index contributed by atoms with van der Waals surface area (Å²) in [4.78, 5) is 25.5. The number of aryl methyl sites for hydroxylation is 1. The van der Waals surface area contributed by atoms with Gasteiger partial charge in [-0.1, -0.05) is 30.0 Å². The molecule has 1 N–H and O–H groups in total. The molecule has 0 fully saturated rings. The Morgan fingerprint density at radius 3 is 2.84 bits per heavy atom. The van der Waals surface area contributed by atoms with E-state index < -0.39 is 5.97 Å². The molecule has 0 aliphatic carbocycles. The van der Waals surface area contributed by atoms with Crippen LogP contribution in [0.15, 0.2) is 41.7 Å². The fraction of sp³-hybridized carbons (Fsp3) is 0.222. The van der Waals surface area contributed by atoms with Crippen molar-refractivity contribution in [2.75, 3.05) is 18.2 Å². The maximum absolute atomic E-state index is 12.3. The number of thioether (sulfide) groups is 1. The van der Waals surface area contributed by atoms with Gasteiger partial charge >= 0.3 is 5.97 Å². The molecular weight excluding hydrogens is 336 g/mol. The number of hydrogen-bond acceptors (Lipinski definition) is 7. The van der Waals surface area contributed by atoms with E-state index in [1.165, 1.54) is 11.8 Å². The van der Waals surface area contributed by atoms with Gasteiger partial charge in [0.15, 0.2) is 5.16 Å². The van der Waals surface area contributed by atoms with Crippen molar-refractivity contribution >= 4 is 40.1 Å². The molecular formula is C18H18N4O2S. The summed E-state index contributed by atoms with van der Waals surface area (Å²) in [7, 11) is 0. The second kappa shape index (κ2) is 7.48. The second-order valence-electron chi connectivity index (χ2n) is 5.28. The molecule has 0 unspecified atom stereocenters. The molecule has 0 saturated heterocycles. The molecule has 6 nitrogen and oxygen atoms in total. The summed E-state index contributed by atoms with van der Waals surface area (Å²) in [6, 6.07) is 9.80. The summed E-state index contributed by atoms with van der Waals surface area (Å²) in [5.74, 6) is -0.0173. The van der Waals surface area contributed by atoms with Crippen molar-refractivity contribution in [2.45, 2.75) is 19.0 Å². The number of pyridine rings is 1. The number of carbonyl (C=O) groups is 1. The topological polar surface area (TPSA) is 77.0 Å². The summed E-state index contributed by atoms with van der Waals surface area (Å²) in [6.07, 6.45) is 3.60. The van der Waals surface area contributed by atoms with E-state index in [1.54, 1.807) is 20.0 Å². The normalized spacial score (nSPS) is 10.7. The maximum Gasteiger partial charge on any atom is 0.343 e. The van der Waals surface area contributed by atoms with Gasteiger partial charge in [-0.2, -0.15) is 0 Å². The van der Waals surface area contributed by atoms with Crippen molar-refractivity contribution in [1.82, 2.24) is 15.0 Å². The SMILES string of the molecule is CCOC(=O)c1c(C)nc(SC)nc1Nc1cnc2ccccc2c1. The molecule has 1 aromatic carbocycles. The van der Waals surface area contributed by atoms with Gasteiger partial charge in [0.05, 0.1) is 29.7 Å². The molecule has 0 atom stereocenters. The highest BCUT2D eigenvalue weighted by Gasteiger charge is 2.20. The standard InChI is InChI=1S/C18H18N4O2S/c1-4-24-17(23)15-11(2)20-18(25-3)22-16(15)21-13-9-12-7-5-6-8-14(12)19-10-13/h5-10H,4H2,1-3H3,(H,20,21,22). The van der Waals surface area contributed by atoms with Gasteiger partial charge in [0.25, 0.3) is 0 Å². The Morgan fingerprint density at radius 1 is 1.28 bits per heavy atom. The van der Waals surface area contributed by atoms with E-state index in [2.05, 4.69) is 20.3 Å². The third kappa shape index (κ3) is 3.71. The number of esters is 1. The summed E-state index contributed by atoms with van der Waals surface area (Å²) >= 11 is 1.41. The van der Waals surface area contributed by atoms with Gasteiger partial charge in [0, 0.05) is 5.39 Å². The number of nitrogens with zero attached hydrogens (tertiary/aromatic N) is 3. The van der Waals surface area contributed by atoms with Crippen LogP contribution in [0.5, 0.6) is 0 Å². The molecule has 7 heteroatoms. The molecule has 0 amide bonds. The molecule has 0 spiro atoms. The number of rotatable bonds is 5. The summed E-state index contributed by atoms with van der Waals surface area (Å²) in [5, 5.41) is 4.78. The van der Waals surface area contributed by atoms with E-state index in [0.29, 0.717) is 28.8 Å². The lowest BCUT2D eigenvalue weighted by Crippen LogP contribution is -2.13. The third-order valence-electron chi connectivity index (χ3n) is 3.58. The number of ether oxygens (including phenoxy) is 1. The summed E-state index contributed by atoms with van der Waals surface area (Å²) in [5.41, 5.74) is 2.57. The summed E-state index contributed by atoms with van der Waals surface area (Å²) < 4.78 is 5.15. The van der Waals surface area contributed by atoms with E-state index in [0.717, 1.165) is 16.6 Å². The average Bonchev–Trinajstić information content (AvgIpc) is 2.61. The van der Waals surface area contributed by atoms with Crippen LogP contribution in [0, 0.1) is 6.92 Å². The molecule has 2 aromatic heterocycles. The molecule has 2 heterocycles. The van der Waals surface area contributed by atoms with Gasteiger partial charge in [0.1, 0.15) is 11.4 Å². The number of hydrogen-bond donors (Lipinski definition) is 1. The van der Waals surface area contributed by atoms with Crippen LogP contribution in [0.3, 0.4) is 0 Å². The van der Waals surface area contributed by atoms with Gasteiger partial charge in [0.2, 0.25) is 0 Å². The Morgan fingerprint density at radius 2 is 2.08 bits per heavy atom. The van der Waals surface area contributed by atoms with Crippen LogP contribution in [-0.2, 0) is 4.74 Å². The minimum absolute atomic E-state index is 0.291. The largest absolute Gasteiger partial charge is 0.462 e. The zero-order valence-electron chi connectivity index (χ0n) is 14.2. The van der Waals surface area contributed by atoms with Crippen LogP contribution in [-0.4, -0.2) is 33.8 Å². The van der Waals surface area contributed by atoms with Crippen molar-refractivity contribution in [3.8, 4) is 0 Å². The van der Waals surface area contributed by atoms with Gasteiger partial charge in [-0.15, -0.1) is 0 Å². The van der Waals surface area contributed by atoms with E-state index in [1.807, 2.05) is 36.6 Å². The van der Waals surface area contributed by atoms with Crippen molar-refractivity contribution < 1.29 is 9.53 Å². The van der Waals surface area contributed by atoms with E-state index in [4.69, 9.17) is 4.74 Å². The van der Waals surface area contributed by atoms with Crippen molar-refractivity contribution in [3.63, 3.8) is 0 Å². The quantitative estimate of drug-likeness (QED) is 0.422. The first-order valence-corrected chi connectivity index (χ1v) is 9.06. The molecule has 3 aromatic rings. The van der Waals surface area contributed by atoms with Gasteiger partial charge in [-0.25, -0.2) is 14.8 Å². The minimum atomic E-state index is -0.441. The zero-order chi connectivity index (χ0) is 17.8. The molecule has 0 radical (unpaired) electrons. The Bertz CT molecular complexity index is 930. The summed E-state index contributed by atoms with van der Waals surface area (Å²) in [6.45, 7) is 3.84. The molecule has 25 heavy (non-hydrogen) atoms. The highest BCUT2D eigenvalue weighted by molar-refractivity contribution is 7.98. The van der Waals surface area contributed by atoms with Crippen LogP contribution < -0.4 is 5.32 Å². The molecule has 0 aliphatic heterocycles. The van der Waals surface area contributed by atoms with Gasteiger partial charge in [-0.3, -0.25) is 4.98 Å². The number of aromatic nitrogens is 3. The minimum Gasteiger partial charge on any atom is -0.462 e. The van der Waals surface area contributed by atoms with E-state index >= 15 is 0 Å². The van der Waals surface area contributed by atoms with Crippen LogP contribution >= 0.6 is 11.8 Å². The number of benzene rings is 1. The molecule has 0 saturated carbocycles. The number of carbonyl (C=O) groups excluding carboxylic acids is 1. The first kappa shape index (κ1) is 17.2. The molecule has 3 rings (SSSR count). The number of anilines is 2. The lowest BCUT2D eigenvalue weighted by atomic mass is 10.2. The second-order valence-corrected chi connectivity index (χ2v) is 6.05. The van der Waals surface area contributed by atoms with Crippen molar-refractivity contribution in [1.29, 1.82) is 0 Å². The lowest BCUT2D eigenvalue weighted by molar-refractivity contribution is 0.0525. The zero-order valence-corrected chi connectivity index (χ0v) is 15.1. The fourth-order valence-corrected chi connectivity index (χ4v) is 2.86. The van der Waals surface area contributed by atoms with Gasteiger partial charge in [-0.05, 0) is 32.2 Å². The monoisotopic (exact) mass is 354 g/mol. The highest BCUT2D eigenvalue weighted by atomic mass is 32.2. The van der Waals surface area contributed by atoms with Crippen LogP contribution in [0.4, 0.5) is 11.5 Å². The first-order chi connectivity index (χ1) is 12.1. The number of para-hydroxylation sites is 1. The molecule has 0 bridgehead atoms. The van der Waals surface area contributed by atoms with Crippen molar-refractivity contribution in [2.24, 2.45) is 0 Å². The first-order valence-electron chi connectivity index (χ1n) is 7.84. The number of fused-ring (bicyclic) bond motifs is 1. The highest BCUT2D eigenvalue weighted by Crippen LogP contribution is 2.26. The van der Waals surface area contributed by atoms with Gasteiger partial charge < -0.3 is 10.1 Å². The average molecular weight is 354 g/mol. The van der Waals surface area contributed by atoms with Crippen molar-refractivity contribution in [3.05, 3.63) is 47.8 Å². The number of nitrogens with one attached hydrogen (secondary N) is 1. The van der Waals surface area contributed by atoms with Crippen LogP contribution in [0.1, 0.15) is 23.0 Å². The Kier molecular flexibility index (Phi) is 5.14. The van der Waals surface area contributed by atoms with E-state index in [9.17, 15) is 4.79 Å². The van der Waals surface area contributed by atoms with E-state index in [-0.39, 0.29) is 0 Å². The Balaban J connectivity index is 2.04. The smallest absolute Gasteiger partial charge is 0.343 e. The molecule has 0 aliphatic rings. The van der Waals surface area contributed by atoms with Crippen LogP contribution in [0.2, 0.25) is 0 Å². The predicted octanol–water partition coefficient (Wildman–Crippen LogP) is 3.98. The van der Waals surface area contributed by atoms with Crippen LogP contribution in [0.25, 0.3) is 10.9 Å². The third-order valence-corrected chi connectivity index (χ3v) is 4.13. The fourth-order valence-electron chi connectivity index (χ4n) is 2.45.